The van der Waals surface area contributed by atoms with Gasteiger partial charge in [0.15, 0.2) is 11.7 Å². The van der Waals surface area contributed by atoms with Crippen LogP contribution in [0.1, 0.15) is 22.2 Å². The van der Waals surface area contributed by atoms with Crippen molar-refractivity contribution in [1.29, 1.82) is 0 Å². The number of hydrogen-bond donors (Lipinski definition) is 1. The lowest BCUT2D eigenvalue weighted by Gasteiger charge is -2.26. The van der Waals surface area contributed by atoms with Crippen molar-refractivity contribution in [1.82, 2.24) is 4.98 Å². The van der Waals surface area contributed by atoms with E-state index < -0.39 is 0 Å². The van der Waals surface area contributed by atoms with Gasteiger partial charge in [-0.1, -0.05) is 28.9 Å². The number of nitrogens with one attached hydrogen (secondary N) is 1. The molecule has 2 heterocycles. The number of anilines is 2. The van der Waals surface area contributed by atoms with Crippen LogP contribution in [0.4, 0.5) is 10.8 Å². The van der Waals surface area contributed by atoms with Crippen LogP contribution in [0, 0.1) is 0 Å². The molecule has 0 unspecified atom stereocenters. The summed E-state index contributed by atoms with van der Waals surface area (Å²) in [6.45, 7) is 2.10. The Morgan fingerprint density at radius 3 is 2.90 bits per heavy atom. The fourth-order valence-corrected chi connectivity index (χ4v) is 4.41. The number of likely N-dealkylation sites (N-methyl/N-ethyl adjacent to an activating group) is 1. The highest BCUT2D eigenvalue weighted by atomic mass is 79.9. The van der Waals surface area contributed by atoms with Crippen LogP contribution >= 0.6 is 27.3 Å². The molecule has 3 aromatic rings. The summed E-state index contributed by atoms with van der Waals surface area (Å²) in [6.07, 6.45) is 0.780. The second-order valence-electron chi connectivity index (χ2n) is 6.53. The Morgan fingerprint density at radius 2 is 2.14 bits per heavy atom. The zero-order valence-corrected chi connectivity index (χ0v) is 18.3. The Kier molecular flexibility index (Phi) is 5.38. The molecule has 148 valence electrons. The largest absolute Gasteiger partial charge is 0.482 e. The van der Waals surface area contributed by atoms with Crippen LogP contribution in [0.3, 0.4) is 0 Å². The fourth-order valence-electron chi connectivity index (χ4n) is 3.09. The van der Waals surface area contributed by atoms with Gasteiger partial charge in [0.2, 0.25) is 0 Å². The Hall–Kier alpha value is -2.71. The molecule has 0 atom stereocenters. The summed E-state index contributed by atoms with van der Waals surface area (Å²) in [6, 6.07) is 12.9. The van der Waals surface area contributed by atoms with Crippen LogP contribution < -0.4 is 15.0 Å². The van der Waals surface area contributed by atoms with Crippen LogP contribution in [0.15, 0.2) is 46.9 Å². The first-order valence-electron chi connectivity index (χ1n) is 9.06. The van der Waals surface area contributed by atoms with E-state index in [-0.39, 0.29) is 18.4 Å². The maximum absolute atomic E-state index is 12.6. The smallest absolute Gasteiger partial charge is 0.264 e. The molecule has 8 heteroatoms. The molecular weight excluding hydrogens is 454 g/mol. The summed E-state index contributed by atoms with van der Waals surface area (Å²) in [4.78, 5) is 31.8. The predicted molar refractivity (Wildman–Crippen MR) is 118 cm³/mol. The van der Waals surface area contributed by atoms with E-state index in [1.54, 1.807) is 24.1 Å². The molecule has 29 heavy (non-hydrogen) atoms. The molecule has 0 radical (unpaired) electrons. The van der Waals surface area contributed by atoms with Gasteiger partial charge < -0.3 is 9.64 Å². The van der Waals surface area contributed by atoms with Gasteiger partial charge in [-0.15, -0.1) is 11.3 Å². The lowest BCUT2D eigenvalue weighted by Crippen LogP contribution is -2.35. The Morgan fingerprint density at radius 1 is 1.31 bits per heavy atom. The van der Waals surface area contributed by atoms with Crippen molar-refractivity contribution in [3.8, 4) is 17.0 Å². The van der Waals surface area contributed by atoms with Gasteiger partial charge in [0, 0.05) is 27.5 Å². The third-order valence-electron chi connectivity index (χ3n) is 4.64. The van der Waals surface area contributed by atoms with Crippen LogP contribution in [-0.4, -0.2) is 30.5 Å². The number of nitrogens with zero attached hydrogens (tertiary/aromatic N) is 2. The molecule has 0 fully saturated rings. The highest BCUT2D eigenvalue weighted by Crippen LogP contribution is 2.38. The summed E-state index contributed by atoms with van der Waals surface area (Å²) >= 11 is 4.83. The molecule has 1 N–H and O–H groups in total. The SMILES string of the molecule is CCc1sc(NC(=O)c2cccc(Br)c2)nc1-c1ccc2c(c1)N(C)C(=O)CO2. The minimum Gasteiger partial charge on any atom is -0.482 e. The lowest BCUT2D eigenvalue weighted by atomic mass is 10.1. The average molecular weight is 472 g/mol. The summed E-state index contributed by atoms with van der Waals surface area (Å²) < 4.78 is 6.34. The molecule has 0 saturated heterocycles. The summed E-state index contributed by atoms with van der Waals surface area (Å²) in [5.41, 5.74) is 2.95. The quantitative estimate of drug-likeness (QED) is 0.596. The number of carbonyl (C=O) groups is 2. The van der Waals surface area contributed by atoms with Gasteiger partial charge >= 0.3 is 0 Å². The first-order valence-corrected chi connectivity index (χ1v) is 10.7. The lowest BCUT2D eigenvalue weighted by molar-refractivity contribution is -0.120. The van der Waals surface area contributed by atoms with Crippen LogP contribution in [-0.2, 0) is 11.2 Å². The van der Waals surface area contributed by atoms with Crippen molar-refractivity contribution in [2.45, 2.75) is 13.3 Å². The third kappa shape index (κ3) is 3.90. The number of amides is 2. The van der Waals surface area contributed by atoms with E-state index in [0.29, 0.717) is 22.1 Å². The van der Waals surface area contributed by atoms with E-state index in [1.165, 1.54) is 11.3 Å². The van der Waals surface area contributed by atoms with Crippen molar-refractivity contribution in [3.63, 3.8) is 0 Å². The molecule has 0 saturated carbocycles. The second kappa shape index (κ2) is 7.96. The number of thiazole rings is 1. The number of hydrogen-bond acceptors (Lipinski definition) is 5. The number of halogens is 1. The monoisotopic (exact) mass is 471 g/mol. The highest BCUT2D eigenvalue weighted by Gasteiger charge is 2.24. The fraction of sp³-hybridized carbons (Fsp3) is 0.190. The van der Waals surface area contributed by atoms with Crippen LogP contribution in [0.2, 0.25) is 0 Å². The number of aryl methyl sites for hydroxylation is 1. The average Bonchev–Trinajstić information content (AvgIpc) is 3.13. The Bertz CT molecular complexity index is 1110. The summed E-state index contributed by atoms with van der Waals surface area (Å²) in [7, 11) is 1.74. The van der Waals surface area contributed by atoms with Crippen molar-refractivity contribution >= 4 is 49.9 Å². The topological polar surface area (TPSA) is 71.5 Å². The van der Waals surface area contributed by atoms with E-state index in [0.717, 1.165) is 27.0 Å². The number of rotatable bonds is 4. The molecule has 0 aliphatic carbocycles. The van der Waals surface area contributed by atoms with Crippen molar-refractivity contribution in [3.05, 3.63) is 57.4 Å². The van der Waals surface area contributed by atoms with E-state index in [4.69, 9.17) is 4.74 Å². The van der Waals surface area contributed by atoms with Gasteiger partial charge in [0.1, 0.15) is 5.75 Å². The van der Waals surface area contributed by atoms with Gasteiger partial charge in [-0.25, -0.2) is 4.98 Å². The molecule has 2 amide bonds. The van der Waals surface area contributed by atoms with E-state index >= 15 is 0 Å². The number of ether oxygens (including phenoxy) is 1. The van der Waals surface area contributed by atoms with Crippen molar-refractivity contribution < 1.29 is 14.3 Å². The normalized spacial score (nSPS) is 13.1. The molecular formula is C21H18BrN3O3S. The van der Waals surface area contributed by atoms with Gasteiger partial charge in [-0.05, 0) is 42.8 Å². The van der Waals surface area contributed by atoms with Gasteiger partial charge in [0.05, 0.1) is 11.4 Å². The van der Waals surface area contributed by atoms with E-state index in [1.807, 2.05) is 37.3 Å². The zero-order chi connectivity index (χ0) is 20.5. The predicted octanol–water partition coefficient (Wildman–Crippen LogP) is 4.74. The van der Waals surface area contributed by atoms with E-state index in [2.05, 4.69) is 26.2 Å². The molecule has 2 aromatic carbocycles. The van der Waals surface area contributed by atoms with Gasteiger partial charge in [-0.2, -0.15) is 0 Å². The molecule has 1 aromatic heterocycles. The summed E-state index contributed by atoms with van der Waals surface area (Å²) in [5.74, 6) is 0.372. The molecule has 0 bridgehead atoms. The minimum atomic E-state index is -0.210. The molecule has 1 aliphatic heterocycles. The third-order valence-corrected chi connectivity index (χ3v) is 6.25. The first kappa shape index (κ1) is 19.6. The van der Waals surface area contributed by atoms with Crippen molar-refractivity contribution in [2.75, 3.05) is 23.9 Å². The summed E-state index contributed by atoms with van der Waals surface area (Å²) in [5, 5.41) is 3.43. The molecule has 1 aliphatic rings. The Balaban J connectivity index is 1.65. The Labute approximate surface area is 180 Å². The maximum atomic E-state index is 12.6. The molecule has 0 spiro atoms. The second-order valence-corrected chi connectivity index (χ2v) is 8.53. The minimum absolute atomic E-state index is 0.0472. The molecule has 4 rings (SSSR count). The van der Waals surface area contributed by atoms with Gasteiger partial charge in [0.25, 0.3) is 11.8 Å². The number of benzene rings is 2. The first-order chi connectivity index (χ1) is 14.0. The highest BCUT2D eigenvalue weighted by molar-refractivity contribution is 9.10. The number of carbonyl (C=O) groups excluding carboxylic acids is 2. The van der Waals surface area contributed by atoms with Crippen LogP contribution in [0.25, 0.3) is 11.3 Å². The van der Waals surface area contributed by atoms with E-state index in [9.17, 15) is 9.59 Å². The maximum Gasteiger partial charge on any atom is 0.264 e. The zero-order valence-electron chi connectivity index (χ0n) is 15.9. The van der Waals surface area contributed by atoms with Gasteiger partial charge in [-0.3, -0.25) is 14.9 Å². The number of aromatic nitrogens is 1. The van der Waals surface area contributed by atoms with Crippen molar-refractivity contribution in [2.24, 2.45) is 0 Å². The standard InChI is InChI=1S/C21H18BrN3O3S/c1-3-17-19(12-7-8-16-15(10-12)25(2)18(26)11-28-16)23-21(29-17)24-20(27)13-5-4-6-14(22)9-13/h4-10H,3,11H2,1-2H3,(H,23,24,27). The number of fused-ring (bicyclic) bond motifs is 1. The van der Waals surface area contributed by atoms with Crippen LogP contribution in [0.5, 0.6) is 5.75 Å². The molecule has 6 nitrogen and oxygen atoms in total.